The van der Waals surface area contributed by atoms with Crippen LogP contribution in [0.25, 0.3) is 0 Å². The number of hydrogen-bond donors (Lipinski definition) is 3. The second-order valence-electron chi connectivity index (χ2n) is 7.86. The SMILES string of the molecule is CC(NC(=O)N1CCN(C2CCNCC2)CC1)(C(=O)O)N1CCCCC1.Cl.Cl. The van der Waals surface area contributed by atoms with Crippen LogP contribution in [0.15, 0.2) is 0 Å². The van der Waals surface area contributed by atoms with E-state index < -0.39 is 11.6 Å². The van der Waals surface area contributed by atoms with Gasteiger partial charge in [0.25, 0.3) is 0 Å². The second kappa shape index (κ2) is 11.4. The number of piperazine rings is 1. The van der Waals surface area contributed by atoms with Gasteiger partial charge in [-0.25, -0.2) is 9.59 Å². The Bertz CT molecular complexity index is 507. The van der Waals surface area contributed by atoms with Crippen LogP contribution in [-0.2, 0) is 4.79 Å². The number of carboxylic acid groups (broad SMARTS) is 1. The zero-order chi connectivity index (χ0) is 18.6. The van der Waals surface area contributed by atoms with Gasteiger partial charge >= 0.3 is 12.0 Å². The molecule has 2 amide bonds. The first-order valence-electron chi connectivity index (χ1n) is 10.0. The molecule has 3 rings (SSSR count). The monoisotopic (exact) mass is 439 g/mol. The summed E-state index contributed by atoms with van der Waals surface area (Å²) in [5, 5.41) is 16.0. The van der Waals surface area contributed by atoms with Gasteiger partial charge in [0.05, 0.1) is 0 Å². The number of carboxylic acids is 1. The van der Waals surface area contributed by atoms with Gasteiger partial charge in [0, 0.05) is 45.3 Å². The van der Waals surface area contributed by atoms with Crippen LogP contribution in [0.5, 0.6) is 0 Å². The molecule has 0 bridgehead atoms. The molecule has 3 saturated heterocycles. The van der Waals surface area contributed by atoms with Gasteiger partial charge < -0.3 is 20.6 Å². The predicted molar refractivity (Wildman–Crippen MR) is 114 cm³/mol. The van der Waals surface area contributed by atoms with Gasteiger partial charge in [-0.3, -0.25) is 9.80 Å². The fourth-order valence-electron chi connectivity index (χ4n) is 4.36. The summed E-state index contributed by atoms with van der Waals surface area (Å²) >= 11 is 0. The first-order chi connectivity index (χ1) is 12.5. The van der Waals surface area contributed by atoms with E-state index in [9.17, 15) is 14.7 Å². The van der Waals surface area contributed by atoms with E-state index in [4.69, 9.17) is 0 Å². The first-order valence-corrected chi connectivity index (χ1v) is 10.0. The number of nitrogens with one attached hydrogen (secondary N) is 2. The van der Waals surface area contributed by atoms with Crippen molar-refractivity contribution in [2.24, 2.45) is 0 Å². The van der Waals surface area contributed by atoms with Crippen molar-refractivity contribution < 1.29 is 14.7 Å². The minimum Gasteiger partial charge on any atom is -0.478 e. The lowest BCUT2D eigenvalue weighted by Gasteiger charge is -2.44. The van der Waals surface area contributed by atoms with E-state index in [0.717, 1.165) is 58.3 Å². The van der Waals surface area contributed by atoms with Crippen LogP contribution < -0.4 is 10.6 Å². The van der Waals surface area contributed by atoms with Gasteiger partial charge in [-0.05, 0) is 45.7 Å². The number of halogens is 2. The third kappa shape index (κ3) is 5.86. The molecule has 0 radical (unpaired) electrons. The molecule has 3 N–H and O–H groups in total. The number of rotatable bonds is 4. The van der Waals surface area contributed by atoms with Crippen molar-refractivity contribution in [3.63, 3.8) is 0 Å². The van der Waals surface area contributed by atoms with Gasteiger partial charge in [-0.1, -0.05) is 6.42 Å². The molecule has 3 fully saturated rings. The first kappa shape index (κ1) is 25.2. The smallest absolute Gasteiger partial charge is 0.344 e. The highest BCUT2D eigenvalue weighted by Crippen LogP contribution is 2.20. The molecule has 0 aromatic rings. The maximum absolute atomic E-state index is 12.7. The molecule has 0 spiro atoms. The van der Waals surface area contributed by atoms with E-state index >= 15 is 0 Å². The zero-order valence-corrected chi connectivity index (χ0v) is 18.3. The van der Waals surface area contributed by atoms with E-state index in [-0.39, 0.29) is 30.8 Å². The number of piperidine rings is 2. The third-order valence-electron chi connectivity index (χ3n) is 6.18. The number of hydrogen-bond acceptors (Lipinski definition) is 5. The summed E-state index contributed by atoms with van der Waals surface area (Å²) in [6, 6.07) is 0.351. The number of amides is 2. The lowest BCUT2D eigenvalue weighted by molar-refractivity contribution is -0.153. The van der Waals surface area contributed by atoms with Crippen LogP contribution in [0.2, 0.25) is 0 Å². The average Bonchev–Trinajstić information content (AvgIpc) is 2.69. The van der Waals surface area contributed by atoms with E-state index in [1.165, 1.54) is 0 Å². The molecule has 0 saturated carbocycles. The Morgan fingerprint density at radius 3 is 2.07 bits per heavy atom. The summed E-state index contributed by atoms with van der Waals surface area (Å²) in [7, 11) is 0. The molecule has 1 unspecified atom stereocenters. The van der Waals surface area contributed by atoms with Crippen LogP contribution in [0.3, 0.4) is 0 Å². The second-order valence-corrected chi connectivity index (χ2v) is 7.86. The normalized spacial score (nSPS) is 24.4. The number of likely N-dealkylation sites (tertiary alicyclic amines) is 1. The van der Waals surface area contributed by atoms with Crippen molar-refractivity contribution >= 4 is 36.8 Å². The maximum Gasteiger partial charge on any atom is 0.344 e. The van der Waals surface area contributed by atoms with E-state index in [2.05, 4.69) is 15.5 Å². The van der Waals surface area contributed by atoms with Crippen LogP contribution >= 0.6 is 24.8 Å². The standard InChI is InChI=1S/C18H33N5O3.2ClH/c1-18(16(24)25,23-9-3-2-4-10-23)20-17(26)22-13-11-21(12-14-22)15-5-7-19-8-6-15;;/h15,19H,2-14H2,1H3,(H,20,26)(H,24,25);2*1H. The number of nitrogens with zero attached hydrogens (tertiary/aromatic N) is 3. The molecule has 3 heterocycles. The molecule has 10 heteroatoms. The zero-order valence-electron chi connectivity index (χ0n) is 16.7. The topological polar surface area (TPSA) is 88.2 Å². The van der Waals surface area contributed by atoms with E-state index in [1.807, 2.05) is 4.90 Å². The molecule has 3 aliphatic rings. The van der Waals surface area contributed by atoms with Crippen molar-refractivity contribution in [1.82, 2.24) is 25.3 Å². The van der Waals surface area contributed by atoms with Crippen LogP contribution in [-0.4, -0.2) is 95.9 Å². The Labute approximate surface area is 180 Å². The Balaban J connectivity index is 0.00000196. The highest BCUT2D eigenvalue weighted by atomic mass is 35.5. The quantitative estimate of drug-likeness (QED) is 0.609. The van der Waals surface area contributed by atoms with Crippen molar-refractivity contribution in [3.8, 4) is 0 Å². The Hall–Kier alpha value is -0.800. The van der Waals surface area contributed by atoms with Crippen molar-refractivity contribution in [2.75, 3.05) is 52.4 Å². The molecule has 8 nitrogen and oxygen atoms in total. The van der Waals surface area contributed by atoms with Crippen molar-refractivity contribution in [3.05, 3.63) is 0 Å². The summed E-state index contributed by atoms with van der Waals surface area (Å²) in [5.74, 6) is -0.985. The Morgan fingerprint density at radius 1 is 0.964 bits per heavy atom. The molecule has 0 aromatic heterocycles. The molecular weight excluding hydrogens is 405 g/mol. The minimum atomic E-state index is -1.33. The summed E-state index contributed by atoms with van der Waals surface area (Å²) in [5.41, 5.74) is -1.33. The number of carbonyl (C=O) groups is 2. The largest absolute Gasteiger partial charge is 0.478 e. The molecule has 164 valence electrons. The Kier molecular flexibility index (Phi) is 10.3. The van der Waals surface area contributed by atoms with Gasteiger partial charge in [0.2, 0.25) is 0 Å². The van der Waals surface area contributed by atoms with Gasteiger partial charge in [-0.2, -0.15) is 0 Å². The van der Waals surface area contributed by atoms with Crippen molar-refractivity contribution in [1.29, 1.82) is 0 Å². The summed E-state index contributed by atoms with van der Waals surface area (Å²) in [6.07, 6.45) is 5.41. The lowest BCUT2D eigenvalue weighted by atomic mass is 10.0. The molecular formula is C18H35Cl2N5O3. The molecule has 0 aromatic carbocycles. The number of aliphatic carboxylic acids is 1. The number of urea groups is 1. The van der Waals surface area contributed by atoms with Crippen LogP contribution in [0.1, 0.15) is 39.0 Å². The van der Waals surface area contributed by atoms with Crippen LogP contribution in [0.4, 0.5) is 4.79 Å². The fraction of sp³-hybridized carbons (Fsp3) is 0.889. The highest BCUT2D eigenvalue weighted by molar-refractivity contribution is 5.86. The number of carbonyl (C=O) groups excluding carboxylic acids is 1. The lowest BCUT2D eigenvalue weighted by Crippen LogP contribution is -2.67. The molecule has 3 aliphatic heterocycles. The molecule has 0 aliphatic carbocycles. The van der Waals surface area contributed by atoms with E-state index in [1.54, 1.807) is 11.8 Å². The Morgan fingerprint density at radius 2 is 1.54 bits per heavy atom. The van der Waals surface area contributed by atoms with Gasteiger partial charge in [0.1, 0.15) is 0 Å². The summed E-state index contributed by atoms with van der Waals surface area (Å²) < 4.78 is 0. The van der Waals surface area contributed by atoms with Gasteiger partial charge in [0.15, 0.2) is 5.66 Å². The maximum atomic E-state index is 12.7. The average molecular weight is 440 g/mol. The fourth-order valence-corrected chi connectivity index (χ4v) is 4.36. The summed E-state index contributed by atoms with van der Waals surface area (Å²) in [4.78, 5) is 30.8. The van der Waals surface area contributed by atoms with Gasteiger partial charge in [-0.15, -0.1) is 24.8 Å². The van der Waals surface area contributed by atoms with Crippen molar-refractivity contribution in [2.45, 2.75) is 50.7 Å². The van der Waals surface area contributed by atoms with E-state index in [0.29, 0.717) is 32.2 Å². The molecule has 28 heavy (non-hydrogen) atoms. The predicted octanol–water partition coefficient (Wildman–Crippen LogP) is 1.20. The molecule has 1 atom stereocenters. The summed E-state index contributed by atoms with van der Waals surface area (Å²) in [6.45, 7) is 8.23. The third-order valence-corrected chi connectivity index (χ3v) is 6.18. The minimum absolute atomic E-state index is 0. The van der Waals surface area contributed by atoms with Crippen LogP contribution in [0, 0.1) is 0 Å². The highest BCUT2D eigenvalue weighted by Gasteiger charge is 2.42.